The van der Waals surface area contributed by atoms with Gasteiger partial charge in [-0.1, -0.05) is 0 Å². The number of nitro groups is 1. The zero-order valence-corrected chi connectivity index (χ0v) is 17.1. The predicted molar refractivity (Wildman–Crippen MR) is 107 cm³/mol. The molecule has 156 valence electrons. The zero-order chi connectivity index (χ0) is 21.2. The Kier molecular flexibility index (Phi) is 5.99. The number of carbonyl (C=O) groups excluding carboxylic acids is 1. The molecule has 11 heteroatoms. The Labute approximate surface area is 168 Å². The number of nitrogens with one attached hydrogen (secondary N) is 1. The second-order valence-corrected chi connectivity index (χ2v) is 9.18. The number of rotatable bonds is 6. The highest BCUT2D eigenvalue weighted by Crippen LogP contribution is 2.24. The maximum absolute atomic E-state index is 12.7. The van der Waals surface area contributed by atoms with Gasteiger partial charge in [-0.2, -0.15) is 5.10 Å². The third kappa shape index (κ3) is 4.62. The van der Waals surface area contributed by atoms with E-state index in [1.54, 1.807) is 32.0 Å². The fraction of sp³-hybridized carbons (Fsp3) is 0.444. The molecule has 0 bridgehead atoms. The molecular weight excluding hydrogens is 398 g/mol. The molecule has 1 amide bonds. The number of hydrogen-bond acceptors (Lipinski definition) is 6. The zero-order valence-electron chi connectivity index (χ0n) is 16.2. The van der Waals surface area contributed by atoms with Gasteiger partial charge in [-0.25, -0.2) is 17.4 Å². The number of nitro benzene ring substituents is 1. The van der Waals surface area contributed by atoms with Gasteiger partial charge in [-0.15, -0.1) is 0 Å². The molecule has 10 nitrogen and oxygen atoms in total. The maximum atomic E-state index is 12.7. The number of nitrogens with zero attached hydrogens (tertiary/aromatic N) is 4. The number of non-ortho nitro benzene ring substituents is 1. The van der Waals surface area contributed by atoms with Crippen LogP contribution in [0.1, 0.15) is 25.5 Å². The van der Waals surface area contributed by atoms with Gasteiger partial charge < -0.3 is 5.32 Å². The van der Waals surface area contributed by atoms with Gasteiger partial charge in [0.1, 0.15) is 5.82 Å². The summed E-state index contributed by atoms with van der Waals surface area (Å²) in [5, 5.41) is 18.0. The summed E-state index contributed by atoms with van der Waals surface area (Å²) < 4.78 is 26.9. The molecule has 1 N–H and O–H groups in total. The van der Waals surface area contributed by atoms with E-state index in [4.69, 9.17) is 0 Å². The number of aromatic nitrogens is 2. The number of anilines is 1. The molecule has 1 fully saturated rings. The first-order valence-corrected chi connectivity index (χ1v) is 10.9. The molecule has 0 atom stereocenters. The fourth-order valence-corrected chi connectivity index (χ4v) is 4.44. The van der Waals surface area contributed by atoms with Gasteiger partial charge in [0, 0.05) is 37.2 Å². The average molecular weight is 421 g/mol. The smallest absolute Gasteiger partial charge is 0.269 e. The molecule has 0 radical (unpaired) electrons. The van der Waals surface area contributed by atoms with Crippen LogP contribution in [-0.4, -0.2) is 52.2 Å². The Morgan fingerprint density at radius 2 is 1.90 bits per heavy atom. The maximum Gasteiger partial charge on any atom is 0.269 e. The topological polar surface area (TPSA) is 127 Å². The number of carbonyl (C=O) groups is 1. The van der Waals surface area contributed by atoms with Gasteiger partial charge in [0.25, 0.3) is 5.69 Å². The third-order valence-corrected chi connectivity index (χ3v) is 6.85. The van der Waals surface area contributed by atoms with Crippen molar-refractivity contribution in [2.75, 3.05) is 24.2 Å². The lowest BCUT2D eigenvalue weighted by atomic mass is 9.97. The van der Waals surface area contributed by atoms with Crippen LogP contribution >= 0.6 is 0 Å². The summed E-state index contributed by atoms with van der Waals surface area (Å²) in [7, 11) is -3.24. The summed E-state index contributed by atoms with van der Waals surface area (Å²) in [5.41, 5.74) is 1.24. The van der Waals surface area contributed by atoms with E-state index in [-0.39, 0.29) is 23.3 Å². The molecule has 0 saturated carbocycles. The van der Waals surface area contributed by atoms with Crippen molar-refractivity contribution < 1.29 is 18.1 Å². The summed E-state index contributed by atoms with van der Waals surface area (Å²) in [6, 6.07) is 7.60. The van der Waals surface area contributed by atoms with Crippen LogP contribution in [-0.2, 0) is 14.8 Å². The van der Waals surface area contributed by atoms with Crippen LogP contribution in [0.2, 0.25) is 0 Å². The largest absolute Gasteiger partial charge is 0.310 e. The number of benzene rings is 1. The van der Waals surface area contributed by atoms with Crippen molar-refractivity contribution in [2.24, 2.45) is 5.92 Å². The third-order valence-electron chi connectivity index (χ3n) is 4.97. The Morgan fingerprint density at radius 1 is 1.28 bits per heavy atom. The number of piperidine rings is 1. The van der Waals surface area contributed by atoms with Crippen LogP contribution in [0.3, 0.4) is 0 Å². The standard InChI is InChI=1S/C18H23N5O5S/c1-3-29(27,28)21-10-8-14(9-11-21)18(24)19-17-12-13(2)20-22(17)15-4-6-16(7-5-15)23(25)26/h4-7,12,14H,3,8-11H2,1-2H3,(H,19,24). The van der Waals surface area contributed by atoms with Crippen LogP contribution < -0.4 is 5.32 Å². The quantitative estimate of drug-likeness (QED) is 0.562. The lowest BCUT2D eigenvalue weighted by molar-refractivity contribution is -0.384. The van der Waals surface area contributed by atoms with Gasteiger partial charge in [-0.05, 0) is 38.8 Å². The first-order chi connectivity index (χ1) is 13.7. The van der Waals surface area contributed by atoms with Crippen molar-refractivity contribution in [1.29, 1.82) is 0 Å². The molecule has 1 aromatic heterocycles. The van der Waals surface area contributed by atoms with E-state index >= 15 is 0 Å². The van der Waals surface area contributed by atoms with Crippen LogP contribution in [0, 0.1) is 23.0 Å². The number of aryl methyl sites for hydroxylation is 1. The summed E-state index contributed by atoms with van der Waals surface area (Å²) >= 11 is 0. The first kappa shape index (κ1) is 20.9. The van der Waals surface area contributed by atoms with Crippen LogP contribution in [0.15, 0.2) is 30.3 Å². The fourth-order valence-electron chi connectivity index (χ4n) is 3.31. The van der Waals surface area contributed by atoms with Crippen molar-refractivity contribution >= 4 is 27.4 Å². The highest BCUT2D eigenvalue weighted by atomic mass is 32.2. The molecule has 0 unspecified atom stereocenters. The molecule has 1 saturated heterocycles. The number of sulfonamides is 1. The second kappa shape index (κ2) is 8.29. The van der Waals surface area contributed by atoms with Crippen molar-refractivity contribution in [1.82, 2.24) is 14.1 Å². The van der Waals surface area contributed by atoms with Gasteiger partial charge in [0.15, 0.2) is 0 Å². The Bertz CT molecular complexity index is 1010. The molecule has 3 rings (SSSR count). The van der Waals surface area contributed by atoms with Crippen molar-refractivity contribution in [2.45, 2.75) is 26.7 Å². The molecule has 2 aromatic rings. The van der Waals surface area contributed by atoms with E-state index < -0.39 is 14.9 Å². The molecule has 2 heterocycles. The van der Waals surface area contributed by atoms with Crippen LogP contribution in [0.25, 0.3) is 5.69 Å². The van der Waals surface area contributed by atoms with E-state index in [2.05, 4.69) is 10.4 Å². The van der Waals surface area contributed by atoms with E-state index in [0.717, 1.165) is 0 Å². The second-order valence-electron chi connectivity index (χ2n) is 6.92. The van der Waals surface area contributed by atoms with Crippen molar-refractivity contribution in [3.8, 4) is 5.69 Å². The minimum atomic E-state index is -3.24. The van der Waals surface area contributed by atoms with E-state index in [0.29, 0.717) is 43.1 Å². The Morgan fingerprint density at radius 3 is 2.45 bits per heavy atom. The van der Waals surface area contributed by atoms with Crippen molar-refractivity contribution in [3.63, 3.8) is 0 Å². The minimum Gasteiger partial charge on any atom is -0.310 e. The molecule has 1 aromatic carbocycles. The summed E-state index contributed by atoms with van der Waals surface area (Å²) in [5.74, 6) is 0.0304. The van der Waals surface area contributed by atoms with Crippen LogP contribution in [0.4, 0.5) is 11.5 Å². The van der Waals surface area contributed by atoms with E-state index in [9.17, 15) is 23.3 Å². The normalized spacial score (nSPS) is 15.9. The van der Waals surface area contributed by atoms with Gasteiger partial charge in [-0.3, -0.25) is 14.9 Å². The Hall–Kier alpha value is -2.79. The highest BCUT2D eigenvalue weighted by molar-refractivity contribution is 7.89. The van der Waals surface area contributed by atoms with Crippen LogP contribution in [0.5, 0.6) is 0 Å². The minimum absolute atomic E-state index is 0.0306. The van der Waals surface area contributed by atoms with Gasteiger partial charge in [0.05, 0.1) is 22.1 Å². The Balaban J connectivity index is 1.71. The predicted octanol–water partition coefficient (Wildman–Crippen LogP) is 2.09. The first-order valence-electron chi connectivity index (χ1n) is 9.31. The lowest BCUT2D eigenvalue weighted by Crippen LogP contribution is -2.42. The monoisotopic (exact) mass is 421 g/mol. The summed E-state index contributed by atoms with van der Waals surface area (Å²) in [6.07, 6.45) is 0.908. The summed E-state index contributed by atoms with van der Waals surface area (Å²) in [6.45, 7) is 4.05. The molecule has 0 spiro atoms. The van der Waals surface area contributed by atoms with Gasteiger partial charge >= 0.3 is 0 Å². The van der Waals surface area contributed by atoms with Crippen molar-refractivity contribution in [3.05, 3.63) is 46.1 Å². The lowest BCUT2D eigenvalue weighted by Gasteiger charge is -2.30. The molecule has 0 aliphatic carbocycles. The van der Waals surface area contributed by atoms with E-state index in [1.807, 2.05) is 0 Å². The average Bonchev–Trinajstić information content (AvgIpc) is 3.08. The van der Waals surface area contributed by atoms with Gasteiger partial charge in [0.2, 0.25) is 15.9 Å². The molecular formula is C18H23N5O5S. The summed E-state index contributed by atoms with van der Waals surface area (Å²) in [4.78, 5) is 23.1. The SMILES string of the molecule is CCS(=O)(=O)N1CCC(C(=O)Nc2cc(C)nn2-c2ccc([N+](=O)[O-])cc2)CC1. The number of amides is 1. The molecule has 29 heavy (non-hydrogen) atoms. The molecule has 1 aliphatic rings. The highest BCUT2D eigenvalue weighted by Gasteiger charge is 2.30. The number of hydrogen-bond donors (Lipinski definition) is 1. The molecule has 1 aliphatic heterocycles. The van der Waals surface area contributed by atoms with E-state index in [1.165, 1.54) is 21.1 Å².